The zero-order valence-corrected chi connectivity index (χ0v) is 11.4. The molecule has 1 aromatic heterocycles. The fraction of sp³-hybridized carbons (Fsp3) is 0.556. The molecule has 1 fully saturated rings. The van der Waals surface area contributed by atoms with Gasteiger partial charge in [0.2, 0.25) is 0 Å². The predicted molar refractivity (Wildman–Crippen MR) is 66.8 cm³/mol. The SMILES string of the molecule is Nc1ccn(C2O[C@@H](COP(=O)(O)O)[C@H](O)[C@H]2O)c(=O)n1. The standard InChI is InChI=1S/C9H14N3O8P/c10-5-1-2-12(9(15)11-5)8-7(14)6(13)4(20-8)3-19-21(16,17)18/h1-2,4,6-8,13-14H,3H2,(H2,10,11,15)(H2,16,17,18)/t4-,6-,7+,8?/m0/s1. The minimum absolute atomic E-state index is 0.0225. The number of rotatable bonds is 4. The highest BCUT2D eigenvalue weighted by Crippen LogP contribution is 2.38. The number of anilines is 1. The van der Waals surface area contributed by atoms with Crippen LogP contribution in [0.25, 0.3) is 0 Å². The lowest BCUT2D eigenvalue weighted by Crippen LogP contribution is -2.36. The van der Waals surface area contributed by atoms with Crippen LogP contribution in [0.3, 0.4) is 0 Å². The highest BCUT2D eigenvalue weighted by molar-refractivity contribution is 7.46. The number of nitrogen functional groups attached to an aromatic ring is 1. The van der Waals surface area contributed by atoms with Crippen LogP contribution < -0.4 is 11.4 Å². The van der Waals surface area contributed by atoms with Gasteiger partial charge in [-0.2, -0.15) is 4.98 Å². The van der Waals surface area contributed by atoms with Gasteiger partial charge in [0.05, 0.1) is 6.61 Å². The number of phosphoric ester groups is 1. The van der Waals surface area contributed by atoms with Gasteiger partial charge in [-0.25, -0.2) is 9.36 Å². The highest BCUT2D eigenvalue weighted by atomic mass is 31.2. The van der Waals surface area contributed by atoms with Crippen molar-refractivity contribution in [2.75, 3.05) is 12.3 Å². The van der Waals surface area contributed by atoms with Crippen LogP contribution in [-0.2, 0) is 13.8 Å². The number of nitrogens with two attached hydrogens (primary N) is 1. The van der Waals surface area contributed by atoms with Crippen molar-refractivity contribution in [2.24, 2.45) is 0 Å². The maximum Gasteiger partial charge on any atom is 0.469 e. The summed E-state index contributed by atoms with van der Waals surface area (Å²) in [5.74, 6) is -0.0225. The van der Waals surface area contributed by atoms with Crippen LogP contribution >= 0.6 is 7.82 Å². The van der Waals surface area contributed by atoms with Crippen LogP contribution in [0.4, 0.5) is 5.82 Å². The van der Waals surface area contributed by atoms with Crippen molar-refractivity contribution < 1.29 is 33.8 Å². The second kappa shape index (κ2) is 5.81. The van der Waals surface area contributed by atoms with Gasteiger partial charge in [0.15, 0.2) is 6.23 Å². The Hall–Kier alpha value is -1.33. The molecule has 0 saturated carbocycles. The molecule has 2 rings (SSSR count). The highest BCUT2D eigenvalue weighted by Gasteiger charge is 2.44. The monoisotopic (exact) mass is 323 g/mol. The van der Waals surface area contributed by atoms with Crippen molar-refractivity contribution in [3.8, 4) is 0 Å². The molecule has 6 N–H and O–H groups in total. The van der Waals surface area contributed by atoms with E-state index in [4.69, 9.17) is 20.3 Å². The molecular formula is C9H14N3O8P. The molecule has 0 spiro atoms. The number of phosphoric acid groups is 1. The maximum atomic E-state index is 11.6. The summed E-state index contributed by atoms with van der Waals surface area (Å²) in [7, 11) is -4.74. The molecular weight excluding hydrogens is 309 g/mol. The Morgan fingerprint density at radius 3 is 2.67 bits per heavy atom. The molecule has 0 bridgehead atoms. The summed E-state index contributed by atoms with van der Waals surface area (Å²) < 4.78 is 20.9. The first kappa shape index (κ1) is 16.0. The van der Waals surface area contributed by atoms with Gasteiger partial charge in [-0.1, -0.05) is 0 Å². The largest absolute Gasteiger partial charge is 0.469 e. The third-order valence-corrected chi connectivity index (χ3v) is 3.36. The van der Waals surface area contributed by atoms with Gasteiger partial charge in [0.1, 0.15) is 24.1 Å². The molecule has 1 aliphatic heterocycles. The van der Waals surface area contributed by atoms with E-state index in [0.717, 1.165) is 4.57 Å². The smallest absolute Gasteiger partial charge is 0.387 e. The van der Waals surface area contributed by atoms with Crippen LogP contribution in [0.5, 0.6) is 0 Å². The van der Waals surface area contributed by atoms with Crippen LogP contribution in [0.2, 0.25) is 0 Å². The predicted octanol–water partition coefficient (Wildman–Crippen LogP) is -2.45. The quantitative estimate of drug-likeness (QED) is 0.374. The summed E-state index contributed by atoms with van der Waals surface area (Å²) in [5, 5.41) is 19.6. The van der Waals surface area contributed by atoms with E-state index in [9.17, 15) is 19.6 Å². The van der Waals surface area contributed by atoms with Crippen molar-refractivity contribution in [3.05, 3.63) is 22.7 Å². The van der Waals surface area contributed by atoms with Crippen LogP contribution in [0.1, 0.15) is 6.23 Å². The topological polar surface area (TPSA) is 177 Å². The molecule has 21 heavy (non-hydrogen) atoms. The lowest BCUT2D eigenvalue weighted by molar-refractivity contribution is -0.0542. The fourth-order valence-corrected chi connectivity index (χ4v) is 2.23. The molecule has 118 valence electrons. The van der Waals surface area contributed by atoms with Gasteiger partial charge in [0.25, 0.3) is 0 Å². The van der Waals surface area contributed by atoms with E-state index in [-0.39, 0.29) is 5.82 Å². The number of nitrogens with zero attached hydrogens (tertiary/aromatic N) is 2. The molecule has 0 radical (unpaired) electrons. The Bertz CT molecular complexity index is 615. The van der Waals surface area contributed by atoms with E-state index in [0.29, 0.717) is 0 Å². The van der Waals surface area contributed by atoms with Gasteiger partial charge in [-0.05, 0) is 6.07 Å². The molecule has 1 aliphatic rings. The first-order valence-electron chi connectivity index (χ1n) is 5.75. The Labute approximate surface area is 117 Å². The van der Waals surface area contributed by atoms with Gasteiger partial charge in [0, 0.05) is 6.20 Å². The Kier molecular flexibility index (Phi) is 4.44. The summed E-state index contributed by atoms with van der Waals surface area (Å²) >= 11 is 0. The third kappa shape index (κ3) is 3.66. The fourth-order valence-electron chi connectivity index (χ4n) is 1.89. The second-order valence-electron chi connectivity index (χ2n) is 4.37. The molecule has 0 aromatic carbocycles. The summed E-state index contributed by atoms with van der Waals surface area (Å²) in [4.78, 5) is 32.3. The second-order valence-corrected chi connectivity index (χ2v) is 5.61. The Morgan fingerprint density at radius 1 is 1.43 bits per heavy atom. The van der Waals surface area contributed by atoms with Gasteiger partial charge < -0.3 is 30.5 Å². The molecule has 1 unspecified atom stereocenters. The van der Waals surface area contributed by atoms with Crippen molar-refractivity contribution in [1.82, 2.24) is 9.55 Å². The Balaban J connectivity index is 2.16. The van der Waals surface area contributed by atoms with Crippen molar-refractivity contribution in [1.29, 1.82) is 0 Å². The van der Waals surface area contributed by atoms with Gasteiger partial charge in [-0.3, -0.25) is 9.09 Å². The number of hydrogen-bond donors (Lipinski definition) is 5. The zero-order chi connectivity index (χ0) is 15.8. The van der Waals surface area contributed by atoms with Crippen molar-refractivity contribution >= 4 is 13.6 Å². The van der Waals surface area contributed by atoms with Crippen molar-refractivity contribution in [2.45, 2.75) is 24.5 Å². The third-order valence-electron chi connectivity index (χ3n) is 2.87. The van der Waals surface area contributed by atoms with E-state index < -0.39 is 44.7 Å². The molecule has 0 amide bonds. The zero-order valence-electron chi connectivity index (χ0n) is 10.5. The minimum atomic E-state index is -4.74. The van der Waals surface area contributed by atoms with Crippen LogP contribution in [0, 0.1) is 0 Å². The van der Waals surface area contributed by atoms with E-state index in [1.165, 1.54) is 12.3 Å². The number of ether oxygens (including phenoxy) is 1. The molecule has 4 atom stereocenters. The molecule has 1 aromatic rings. The minimum Gasteiger partial charge on any atom is -0.387 e. The number of hydrogen-bond acceptors (Lipinski definition) is 8. The molecule has 2 heterocycles. The summed E-state index contributed by atoms with van der Waals surface area (Å²) in [6.45, 7) is -0.657. The first-order chi connectivity index (χ1) is 9.69. The van der Waals surface area contributed by atoms with Crippen molar-refractivity contribution in [3.63, 3.8) is 0 Å². The number of aliphatic hydroxyl groups excluding tert-OH is 2. The average molecular weight is 323 g/mol. The van der Waals surface area contributed by atoms with E-state index in [2.05, 4.69) is 9.51 Å². The molecule has 1 saturated heterocycles. The summed E-state index contributed by atoms with van der Waals surface area (Å²) in [5.41, 5.74) is 4.52. The van der Waals surface area contributed by atoms with Gasteiger partial charge in [-0.15, -0.1) is 0 Å². The maximum absolute atomic E-state index is 11.6. The molecule has 11 nitrogen and oxygen atoms in total. The van der Waals surface area contributed by atoms with E-state index in [1.54, 1.807) is 0 Å². The van der Waals surface area contributed by atoms with Crippen LogP contribution in [-0.4, -0.2) is 54.5 Å². The lowest BCUT2D eigenvalue weighted by Gasteiger charge is -2.16. The first-order valence-corrected chi connectivity index (χ1v) is 7.28. The van der Waals surface area contributed by atoms with E-state index in [1.807, 2.05) is 0 Å². The summed E-state index contributed by atoms with van der Waals surface area (Å²) in [6, 6.07) is 1.29. The number of aliphatic hydroxyl groups is 2. The van der Waals surface area contributed by atoms with Crippen LogP contribution in [0.15, 0.2) is 17.1 Å². The average Bonchev–Trinajstić information content (AvgIpc) is 2.64. The summed E-state index contributed by atoms with van der Waals surface area (Å²) in [6.07, 6.45) is -4.27. The lowest BCUT2D eigenvalue weighted by atomic mass is 10.1. The Morgan fingerprint density at radius 2 is 2.10 bits per heavy atom. The molecule has 0 aliphatic carbocycles. The number of aromatic nitrogens is 2. The van der Waals surface area contributed by atoms with E-state index >= 15 is 0 Å². The van der Waals surface area contributed by atoms with Gasteiger partial charge >= 0.3 is 13.5 Å². The molecule has 12 heteroatoms. The normalized spacial score (nSPS) is 29.7.